The Balaban J connectivity index is 2.59. The number of hydrogen-bond donors (Lipinski definition) is 1. The Labute approximate surface area is 99.1 Å². The lowest BCUT2D eigenvalue weighted by molar-refractivity contribution is -0.154. The molecule has 92 valence electrons. The summed E-state index contributed by atoms with van der Waals surface area (Å²) in [5.41, 5.74) is -1.51. The molecule has 0 radical (unpaired) electrons. The van der Waals surface area contributed by atoms with Gasteiger partial charge < -0.3 is 5.11 Å². The monoisotopic (exact) mass is 236 g/mol. The Bertz CT molecular complexity index is 483. The van der Waals surface area contributed by atoms with Crippen LogP contribution in [-0.4, -0.2) is 20.9 Å². The molecule has 0 bridgehead atoms. The van der Waals surface area contributed by atoms with Crippen molar-refractivity contribution in [2.24, 2.45) is 5.92 Å². The van der Waals surface area contributed by atoms with E-state index in [9.17, 15) is 14.7 Å². The molecule has 1 heterocycles. The third-order valence-electron chi connectivity index (χ3n) is 3.72. The summed E-state index contributed by atoms with van der Waals surface area (Å²) in [6.45, 7) is 1.88. The van der Waals surface area contributed by atoms with Crippen molar-refractivity contribution >= 4 is 5.97 Å². The first-order valence-electron chi connectivity index (χ1n) is 5.87. The summed E-state index contributed by atoms with van der Waals surface area (Å²) < 4.78 is 1.15. The molecule has 1 aromatic heterocycles. The van der Waals surface area contributed by atoms with Gasteiger partial charge in [-0.1, -0.05) is 19.8 Å². The molecule has 1 N–H and O–H groups in total. The van der Waals surface area contributed by atoms with Crippen LogP contribution >= 0.6 is 0 Å². The van der Waals surface area contributed by atoms with Crippen LogP contribution in [0.2, 0.25) is 0 Å². The Morgan fingerprint density at radius 3 is 2.94 bits per heavy atom. The summed E-state index contributed by atoms with van der Waals surface area (Å²) in [7, 11) is 0. The molecule has 1 aliphatic rings. The van der Waals surface area contributed by atoms with Crippen molar-refractivity contribution in [1.82, 2.24) is 9.78 Å². The molecule has 0 aliphatic heterocycles. The van der Waals surface area contributed by atoms with Crippen molar-refractivity contribution in [3.8, 4) is 0 Å². The van der Waals surface area contributed by atoms with Crippen LogP contribution in [0.5, 0.6) is 0 Å². The second-order valence-electron chi connectivity index (χ2n) is 4.65. The second-order valence-corrected chi connectivity index (χ2v) is 4.65. The highest BCUT2D eigenvalue weighted by Gasteiger charge is 2.48. The fourth-order valence-electron chi connectivity index (χ4n) is 2.71. The van der Waals surface area contributed by atoms with Gasteiger partial charge in [0.05, 0.1) is 0 Å². The molecule has 0 spiro atoms. The number of aromatic nitrogens is 2. The third-order valence-corrected chi connectivity index (χ3v) is 3.72. The van der Waals surface area contributed by atoms with Gasteiger partial charge in [0.1, 0.15) is 0 Å². The summed E-state index contributed by atoms with van der Waals surface area (Å²) in [6.07, 6.45) is 4.58. The van der Waals surface area contributed by atoms with Crippen molar-refractivity contribution in [1.29, 1.82) is 0 Å². The fraction of sp³-hybridized carbons (Fsp3) is 0.583. The summed E-state index contributed by atoms with van der Waals surface area (Å²) in [5, 5.41) is 13.5. The van der Waals surface area contributed by atoms with E-state index < -0.39 is 11.5 Å². The van der Waals surface area contributed by atoms with E-state index in [1.807, 2.05) is 6.92 Å². The highest BCUT2D eigenvalue weighted by molar-refractivity contribution is 5.77. The lowest BCUT2D eigenvalue weighted by Crippen LogP contribution is -2.54. The van der Waals surface area contributed by atoms with Crippen LogP contribution in [0.3, 0.4) is 0 Å². The van der Waals surface area contributed by atoms with Crippen LogP contribution in [0.25, 0.3) is 0 Å². The van der Waals surface area contributed by atoms with Crippen LogP contribution in [0.15, 0.2) is 23.1 Å². The molecule has 1 fully saturated rings. The van der Waals surface area contributed by atoms with Gasteiger partial charge in [0.25, 0.3) is 5.56 Å². The maximum absolute atomic E-state index is 11.8. The maximum Gasteiger partial charge on any atom is 0.332 e. The minimum atomic E-state index is -1.17. The fourth-order valence-corrected chi connectivity index (χ4v) is 2.71. The summed E-state index contributed by atoms with van der Waals surface area (Å²) >= 11 is 0. The van der Waals surface area contributed by atoms with Crippen LogP contribution < -0.4 is 5.56 Å². The Hall–Kier alpha value is -1.65. The SMILES string of the molecule is CC1CCCCC1(C(=O)O)n1ncccc1=O. The standard InChI is InChI=1S/C12H16N2O3/c1-9-5-2-3-7-12(9,11(16)17)14-10(15)6-4-8-13-14/h4,6,8-9H,2-3,5,7H2,1H3,(H,16,17). The number of carboxylic acids is 1. The topological polar surface area (TPSA) is 72.2 Å². The average molecular weight is 236 g/mol. The van der Waals surface area contributed by atoms with E-state index in [-0.39, 0.29) is 11.5 Å². The predicted octanol–water partition coefficient (Wildman–Crippen LogP) is 1.23. The van der Waals surface area contributed by atoms with Gasteiger partial charge in [-0.3, -0.25) is 4.79 Å². The van der Waals surface area contributed by atoms with Crippen LogP contribution in [0.1, 0.15) is 32.6 Å². The van der Waals surface area contributed by atoms with Gasteiger partial charge in [0.2, 0.25) is 0 Å². The number of rotatable bonds is 2. The van der Waals surface area contributed by atoms with Crippen molar-refractivity contribution in [2.75, 3.05) is 0 Å². The molecule has 17 heavy (non-hydrogen) atoms. The summed E-state index contributed by atoms with van der Waals surface area (Å²) in [4.78, 5) is 23.5. The van der Waals surface area contributed by atoms with Gasteiger partial charge in [-0.25, -0.2) is 9.48 Å². The van der Waals surface area contributed by atoms with Gasteiger partial charge >= 0.3 is 5.97 Å². The molecule has 5 nitrogen and oxygen atoms in total. The van der Waals surface area contributed by atoms with Gasteiger partial charge in [0, 0.05) is 12.3 Å². The van der Waals surface area contributed by atoms with Crippen LogP contribution in [0, 0.1) is 5.92 Å². The molecule has 1 saturated carbocycles. The number of aliphatic carboxylic acids is 1. The number of carbonyl (C=O) groups is 1. The zero-order valence-electron chi connectivity index (χ0n) is 9.80. The molecule has 2 rings (SSSR count). The maximum atomic E-state index is 11.8. The quantitative estimate of drug-likeness (QED) is 0.838. The van der Waals surface area contributed by atoms with Gasteiger partial charge in [0.15, 0.2) is 5.54 Å². The normalized spacial score (nSPS) is 28.9. The van der Waals surface area contributed by atoms with E-state index in [0.717, 1.165) is 23.9 Å². The molecule has 1 aliphatic carbocycles. The second kappa shape index (κ2) is 4.31. The minimum Gasteiger partial charge on any atom is -0.479 e. The van der Waals surface area contributed by atoms with E-state index >= 15 is 0 Å². The van der Waals surface area contributed by atoms with Crippen molar-refractivity contribution in [2.45, 2.75) is 38.1 Å². The van der Waals surface area contributed by atoms with Gasteiger partial charge in [-0.15, -0.1) is 0 Å². The summed E-state index contributed by atoms with van der Waals surface area (Å²) in [5.74, 6) is -1.04. The molecule has 5 heteroatoms. The van der Waals surface area contributed by atoms with Crippen molar-refractivity contribution in [3.05, 3.63) is 28.7 Å². The molecule has 0 amide bonds. The highest BCUT2D eigenvalue weighted by Crippen LogP contribution is 2.38. The smallest absolute Gasteiger partial charge is 0.332 e. The first-order chi connectivity index (χ1) is 8.09. The first kappa shape index (κ1) is 11.8. The van der Waals surface area contributed by atoms with Crippen molar-refractivity contribution in [3.63, 3.8) is 0 Å². The van der Waals surface area contributed by atoms with Gasteiger partial charge in [-0.2, -0.15) is 5.10 Å². The molecule has 0 aromatic carbocycles. The minimum absolute atomic E-state index is 0.0821. The van der Waals surface area contributed by atoms with E-state index in [2.05, 4.69) is 5.10 Å². The molecule has 2 atom stereocenters. The van der Waals surface area contributed by atoms with Crippen LogP contribution in [0.4, 0.5) is 0 Å². The van der Waals surface area contributed by atoms with Crippen LogP contribution in [-0.2, 0) is 10.3 Å². The zero-order chi connectivity index (χ0) is 12.5. The Morgan fingerprint density at radius 1 is 1.59 bits per heavy atom. The highest BCUT2D eigenvalue weighted by atomic mass is 16.4. The number of nitrogens with zero attached hydrogens (tertiary/aromatic N) is 2. The number of carboxylic acid groups (broad SMARTS) is 1. The molecule has 0 saturated heterocycles. The lowest BCUT2D eigenvalue weighted by Gasteiger charge is -2.39. The van der Waals surface area contributed by atoms with E-state index in [1.165, 1.54) is 18.3 Å². The summed E-state index contributed by atoms with van der Waals surface area (Å²) in [6, 6.07) is 2.89. The average Bonchev–Trinajstić information content (AvgIpc) is 2.30. The predicted molar refractivity (Wildman–Crippen MR) is 61.7 cm³/mol. The molecular formula is C12H16N2O3. The van der Waals surface area contributed by atoms with E-state index in [4.69, 9.17) is 0 Å². The Kier molecular flexibility index (Phi) is 3.00. The number of hydrogen-bond acceptors (Lipinski definition) is 3. The van der Waals surface area contributed by atoms with E-state index in [0.29, 0.717) is 6.42 Å². The lowest BCUT2D eigenvalue weighted by atomic mass is 9.73. The molecule has 1 aromatic rings. The molecule has 2 unspecified atom stereocenters. The first-order valence-corrected chi connectivity index (χ1v) is 5.87. The third kappa shape index (κ3) is 1.75. The molecular weight excluding hydrogens is 220 g/mol. The van der Waals surface area contributed by atoms with Gasteiger partial charge in [-0.05, 0) is 24.8 Å². The van der Waals surface area contributed by atoms with E-state index in [1.54, 1.807) is 0 Å². The Morgan fingerprint density at radius 2 is 2.35 bits per heavy atom. The van der Waals surface area contributed by atoms with Crippen molar-refractivity contribution < 1.29 is 9.90 Å². The zero-order valence-corrected chi connectivity index (χ0v) is 9.80. The largest absolute Gasteiger partial charge is 0.479 e.